The second kappa shape index (κ2) is 36.6. The number of hydrogen-bond donors (Lipinski definition) is 1. The van der Waals surface area contributed by atoms with Crippen LogP contribution in [0.3, 0.4) is 0 Å². The molecule has 0 aromatic heterocycles. The lowest BCUT2D eigenvalue weighted by atomic mass is 10.0. The van der Waals surface area contributed by atoms with Gasteiger partial charge in [-0.2, -0.15) is 0 Å². The summed E-state index contributed by atoms with van der Waals surface area (Å²) in [5.41, 5.74) is 0. The minimum absolute atomic E-state index is 0.164. The van der Waals surface area contributed by atoms with E-state index in [0.29, 0.717) is 19.6 Å². The molecule has 0 fully saturated rings. The molecule has 1 N–H and O–H groups in total. The Morgan fingerprint density at radius 1 is 0.476 bits per heavy atom. The van der Waals surface area contributed by atoms with Crippen LogP contribution < -0.4 is 0 Å². The van der Waals surface area contributed by atoms with Crippen LogP contribution in [0.4, 0.5) is 0 Å². The monoisotopic (exact) mass is 597 g/mol. The molecule has 0 aliphatic rings. The molecule has 0 radical (unpaired) electrons. The number of rotatable bonds is 36. The second-order valence-electron chi connectivity index (χ2n) is 13.0. The van der Waals surface area contributed by atoms with E-state index >= 15 is 0 Å². The van der Waals surface area contributed by atoms with Gasteiger partial charge in [-0.25, -0.2) is 0 Å². The highest BCUT2D eigenvalue weighted by atomic mass is 16.6. The van der Waals surface area contributed by atoms with E-state index in [2.05, 4.69) is 13.8 Å². The van der Waals surface area contributed by atoms with Crippen LogP contribution in [0, 0.1) is 0 Å². The van der Waals surface area contributed by atoms with E-state index in [-0.39, 0.29) is 12.6 Å². The third-order valence-electron chi connectivity index (χ3n) is 8.68. The zero-order valence-corrected chi connectivity index (χ0v) is 28.8. The van der Waals surface area contributed by atoms with Crippen LogP contribution >= 0.6 is 0 Å². The fourth-order valence-corrected chi connectivity index (χ4v) is 5.80. The Balaban J connectivity index is 3.34. The van der Waals surface area contributed by atoms with Crippen molar-refractivity contribution in [2.24, 2.45) is 0 Å². The molecule has 4 nitrogen and oxygen atoms in total. The number of carbonyl (C=O) groups excluding carboxylic acids is 1. The van der Waals surface area contributed by atoms with Crippen molar-refractivity contribution in [3.05, 3.63) is 0 Å². The van der Waals surface area contributed by atoms with Gasteiger partial charge in [-0.05, 0) is 12.8 Å². The Kier molecular flexibility index (Phi) is 36.0. The molecule has 0 bridgehead atoms. The molecule has 252 valence electrons. The summed E-state index contributed by atoms with van der Waals surface area (Å²) in [6.45, 7) is 5.38. The Bertz CT molecular complexity index is 509. The van der Waals surface area contributed by atoms with Gasteiger partial charge in [0, 0.05) is 13.0 Å². The Morgan fingerprint density at radius 3 is 1.12 bits per heavy atom. The standard InChI is InChI=1S/C38H76O4/c1-3-5-7-9-11-13-15-16-17-18-19-20-21-22-24-26-28-30-32-34-41-36-37(35-39)42-38(40)33-31-29-27-25-23-14-12-10-8-6-4-2/h37,39H,3-36H2,1-2H3. The van der Waals surface area contributed by atoms with E-state index < -0.39 is 6.10 Å². The lowest BCUT2D eigenvalue weighted by Gasteiger charge is -2.16. The summed E-state index contributed by atoms with van der Waals surface area (Å²) < 4.78 is 11.1. The number of ether oxygens (including phenoxy) is 2. The second-order valence-corrected chi connectivity index (χ2v) is 13.0. The normalized spacial score (nSPS) is 12.2. The predicted octanol–water partition coefficient (Wildman–Crippen LogP) is 12.0. The number of hydrogen-bond acceptors (Lipinski definition) is 4. The molecule has 1 unspecified atom stereocenters. The molecule has 0 aromatic rings. The molecule has 0 spiro atoms. The molecule has 0 amide bonds. The summed E-state index contributed by atoms with van der Waals surface area (Å²) in [5, 5.41) is 9.54. The molecular weight excluding hydrogens is 520 g/mol. The molecule has 0 aromatic carbocycles. The van der Waals surface area contributed by atoms with E-state index in [1.807, 2.05) is 0 Å². The maximum absolute atomic E-state index is 12.1. The summed E-state index contributed by atoms with van der Waals surface area (Å²) in [4.78, 5) is 12.1. The smallest absolute Gasteiger partial charge is 0.306 e. The van der Waals surface area contributed by atoms with Crippen LogP contribution in [0.1, 0.15) is 213 Å². The first-order valence-electron chi connectivity index (χ1n) is 19.1. The lowest BCUT2D eigenvalue weighted by Crippen LogP contribution is -2.27. The SMILES string of the molecule is CCCCCCCCCCCCCCCCCCCCCOCC(CO)OC(=O)CCCCCCCCCCCCC. The van der Waals surface area contributed by atoms with Gasteiger partial charge in [0.2, 0.25) is 0 Å². The van der Waals surface area contributed by atoms with E-state index in [1.165, 1.54) is 173 Å². The van der Waals surface area contributed by atoms with Gasteiger partial charge in [0.05, 0.1) is 13.2 Å². The quantitative estimate of drug-likeness (QED) is 0.0577. The molecule has 0 aliphatic heterocycles. The molecule has 0 heterocycles. The van der Waals surface area contributed by atoms with Crippen molar-refractivity contribution in [1.82, 2.24) is 0 Å². The maximum Gasteiger partial charge on any atom is 0.306 e. The average molecular weight is 597 g/mol. The van der Waals surface area contributed by atoms with Crippen molar-refractivity contribution < 1.29 is 19.4 Å². The minimum atomic E-state index is -0.523. The van der Waals surface area contributed by atoms with Gasteiger partial charge in [-0.3, -0.25) is 4.79 Å². The third kappa shape index (κ3) is 33.9. The van der Waals surface area contributed by atoms with Crippen molar-refractivity contribution in [2.75, 3.05) is 19.8 Å². The van der Waals surface area contributed by atoms with Crippen LogP contribution in [-0.4, -0.2) is 37.0 Å². The summed E-state index contributed by atoms with van der Waals surface area (Å²) in [5.74, 6) is -0.197. The van der Waals surface area contributed by atoms with Gasteiger partial charge in [-0.15, -0.1) is 0 Å². The molecule has 1 atom stereocenters. The summed E-state index contributed by atoms with van der Waals surface area (Å²) >= 11 is 0. The predicted molar refractivity (Wildman–Crippen MR) is 182 cm³/mol. The molecule has 4 heteroatoms. The van der Waals surface area contributed by atoms with Gasteiger partial charge >= 0.3 is 5.97 Å². The number of unbranched alkanes of at least 4 members (excludes halogenated alkanes) is 28. The zero-order valence-electron chi connectivity index (χ0n) is 28.8. The Hall–Kier alpha value is -0.610. The Morgan fingerprint density at radius 2 is 0.786 bits per heavy atom. The van der Waals surface area contributed by atoms with Crippen LogP contribution in [0.5, 0.6) is 0 Å². The molecule has 0 rings (SSSR count). The van der Waals surface area contributed by atoms with Crippen LogP contribution in [0.25, 0.3) is 0 Å². The van der Waals surface area contributed by atoms with Crippen molar-refractivity contribution in [3.63, 3.8) is 0 Å². The highest BCUT2D eigenvalue weighted by molar-refractivity contribution is 5.69. The van der Waals surface area contributed by atoms with E-state index in [0.717, 1.165) is 19.3 Å². The minimum Gasteiger partial charge on any atom is -0.457 e. The number of aliphatic hydroxyl groups excluding tert-OH is 1. The molecule has 42 heavy (non-hydrogen) atoms. The first kappa shape index (κ1) is 41.4. The van der Waals surface area contributed by atoms with Crippen molar-refractivity contribution in [3.8, 4) is 0 Å². The van der Waals surface area contributed by atoms with Crippen molar-refractivity contribution in [1.29, 1.82) is 0 Å². The molecule has 0 saturated heterocycles. The van der Waals surface area contributed by atoms with Gasteiger partial charge in [0.25, 0.3) is 0 Å². The van der Waals surface area contributed by atoms with Gasteiger partial charge in [0.15, 0.2) is 0 Å². The summed E-state index contributed by atoms with van der Waals surface area (Å²) in [6.07, 6.45) is 40.1. The maximum atomic E-state index is 12.1. The zero-order chi connectivity index (χ0) is 30.6. The highest BCUT2D eigenvalue weighted by Crippen LogP contribution is 2.15. The molecule has 0 aliphatic carbocycles. The summed E-state index contributed by atoms with van der Waals surface area (Å²) in [7, 11) is 0. The average Bonchev–Trinajstić information content (AvgIpc) is 3.00. The molecular formula is C38H76O4. The van der Waals surface area contributed by atoms with E-state index in [9.17, 15) is 9.90 Å². The first-order valence-corrected chi connectivity index (χ1v) is 19.1. The first-order chi connectivity index (χ1) is 20.7. The van der Waals surface area contributed by atoms with E-state index in [1.54, 1.807) is 0 Å². The largest absolute Gasteiger partial charge is 0.457 e. The third-order valence-corrected chi connectivity index (χ3v) is 8.68. The van der Waals surface area contributed by atoms with Crippen LogP contribution in [0.15, 0.2) is 0 Å². The number of esters is 1. The van der Waals surface area contributed by atoms with Gasteiger partial charge in [-0.1, -0.05) is 194 Å². The topological polar surface area (TPSA) is 55.8 Å². The summed E-state index contributed by atoms with van der Waals surface area (Å²) in [6, 6.07) is 0. The fourth-order valence-electron chi connectivity index (χ4n) is 5.80. The van der Waals surface area contributed by atoms with Crippen molar-refractivity contribution in [2.45, 2.75) is 219 Å². The lowest BCUT2D eigenvalue weighted by molar-refractivity contribution is -0.154. The van der Waals surface area contributed by atoms with Gasteiger partial charge < -0.3 is 14.6 Å². The van der Waals surface area contributed by atoms with Crippen LogP contribution in [0.2, 0.25) is 0 Å². The number of carbonyl (C=O) groups is 1. The number of aliphatic hydroxyl groups is 1. The highest BCUT2D eigenvalue weighted by Gasteiger charge is 2.13. The van der Waals surface area contributed by atoms with Gasteiger partial charge in [0.1, 0.15) is 6.10 Å². The van der Waals surface area contributed by atoms with E-state index in [4.69, 9.17) is 9.47 Å². The van der Waals surface area contributed by atoms with Crippen LogP contribution in [-0.2, 0) is 14.3 Å². The van der Waals surface area contributed by atoms with Crippen molar-refractivity contribution >= 4 is 5.97 Å². The fraction of sp³-hybridized carbons (Fsp3) is 0.974. The Labute approximate surface area is 263 Å². The molecule has 0 saturated carbocycles.